The number of phosphoric acid groups is 3. The van der Waals surface area contributed by atoms with Crippen LogP contribution in [0.15, 0.2) is 70.9 Å². The van der Waals surface area contributed by atoms with Crippen molar-refractivity contribution in [1.29, 1.82) is 0 Å². The molecule has 4 bridgehead atoms. The molecule has 68 heavy (non-hydrogen) atoms. The lowest BCUT2D eigenvalue weighted by atomic mass is 9.47. The van der Waals surface area contributed by atoms with Gasteiger partial charge in [-0.3, -0.25) is 9.69 Å². The normalized spacial score (nSPS) is 28.7. The first kappa shape index (κ1) is 48.4. The van der Waals surface area contributed by atoms with E-state index < -0.39 is 75.5 Å². The maximum atomic E-state index is 15.8. The molecule has 5 heterocycles. The molecule has 364 valence electrons. The first-order valence-electron chi connectivity index (χ1n) is 22.1. The predicted molar refractivity (Wildman–Crippen MR) is 248 cm³/mol. The second-order valence-electron chi connectivity index (χ2n) is 19.4. The Kier molecular flexibility index (Phi) is 11.5. The monoisotopic (exact) mass is 997 g/mol. The number of ether oxygens (including phenoxy) is 4. The van der Waals surface area contributed by atoms with Crippen molar-refractivity contribution < 1.29 is 75.0 Å². The van der Waals surface area contributed by atoms with E-state index in [0.717, 1.165) is 11.1 Å². The van der Waals surface area contributed by atoms with Gasteiger partial charge in [-0.1, -0.05) is 41.5 Å². The zero-order valence-corrected chi connectivity index (χ0v) is 41.6. The quantitative estimate of drug-likeness (QED) is 0.0437. The van der Waals surface area contributed by atoms with Crippen molar-refractivity contribution in [3.63, 3.8) is 0 Å². The van der Waals surface area contributed by atoms with Crippen LogP contribution in [0.5, 0.6) is 17.2 Å². The second kappa shape index (κ2) is 16.2. The molecule has 0 amide bonds. The maximum Gasteiger partial charge on any atom is 0.536 e. The van der Waals surface area contributed by atoms with Gasteiger partial charge >= 0.3 is 29.4 Å². The molecule has 8 unspecified atom stereocenters. The third-order valence-corrected chi connectivity index (χ3v) is 17.5. The van der Waals surface area contributed by atoms with Gasteiger partial charge in [-0.2, -0.15) is 8.62 Å². The molecule has 2 aromatic carbocycles. The molecule has 1 aromatic heterocycles. The molecule has 22 heteroatoms. The number of benzene rings is 2. The summed E-state index contributed by atoms with van der Waals surface area (Å²) in [5.41, 5.74) is -0.599. The van der Waals surface area contributed by atoms with Crippen LogP contribution in [0.3, 0.4) is 0 Å². The van der Waals surface area contributed by atoms with Crippen molar-refractivity contribution in [2.24, 2.45) is 11.8 Å². The maximum absolute atomic E-state index is 15.8. The van der Waals surface area contributed by atoms with Gasteiger partial charge in [-0.05, 0) is 105 Å². The van der Waals surface area contributed by atoms with E-state index in [-0.39, 0.29) is 52.5 Å². The molecule has 5 N–H and O–H groups in total. The van der Waals surface area contributed by atoms with Crippen LogP contribution in [0.25, 0.3) is 22.8 Å². The van der Waals surface area contributed by atoms with Crippen molar-refractivity contribution in [1.82, 2.24) is 9.55 Å². The minimum Gasteiger partial charge on any atom is -0.482 e. The third-order valence-electron chi connectivity index (χ3n) is 13.7. The molecule has 0 radical (unpaired) electrons. The Hall–Kier alpha value is -4.64. The van der Waals surface area contributed by atoms with Crippen LogP contribution >= 0.6 is 23.5 Å². The number of aromatic nitrogens is 2. The lowest BCUT2D eigenvalue weighted by molar-refractivity contribution is -0.181. The highest BCUT2D eigenvalue weighted by Crippen LogP contribution is 2.75. The Morgan fingerprint density at radius 3 is 2.34 bits per heavy atom. The number of para-hydroxylation sites is 2. The number of esters is 1. The molecule has 3 saturated carbocycles. The average Bonchev–Trinajstić information content (AvgIpc) is 3.66. The van der Waals surface area contributed by atoms with Crippen molar-refractivity contribution in [2.75, 3.05) is 12.4 Å². The zero-order valence-electron chi connectivity index (χ0n) is 38.9. The van der Waals surface area contributed by atoms with Crippen LogP contribution < -0.4 is 19.3 Å². The number of ketones is 1. The average molecular weight is 998 g/mol. The fourth-order valence-corrected chi connectivity index (χ4v) is 14.2. The molecule has 3 aromatic rings. The van der Waals surface area contributed by atoms with E-state index in [1.165, 1.54) is 7.11 Å². The molecular formula is C46H54N3O16P3. The Bertz CT molecular complexity index is 3030. The summed E-state index contributed by atoms with van der Waals surface area (Å²) >= 11 is 0. The molecule has 7 aliphatic rings. The number of phosphoric ester groups is 1. The van der Waals surface area contributed by atoms with Gasteiger partial charge in [0.15, 0.2) is 22.7 Å². The van der Waals surface area contributed by atoms with E-state index in [9.17, 15) is 38.1 Å². The largest absolute Gasteiger partial charge is 0.536 e. The number of anilines is 1. The highest BCUT2D eigenvalue weighted by Gasteiger charge is 2.84. The molecule has 8 atom stereocenters. The lowest BCUT2D eigenvalue weighted by Gasteiger charge is -2.62. The minimum atomic E-state index is -6.01. The van der Waals surface area contributed by atoms with Crippen LogP contribution in [0.4, 0.5) is 5.95 Å². The Labute approximate surface area is 392 Å². The summed E-state index contributed by atoms with van der Waals surface area (Å²) in [6.07, 6.45) is 10.5. The summed E-state index contributed by atoms with van der Waals surface area (Å²) in [6, 6.07) is 6.61. The summed E-state index contributed by atoms with van der Waals surface area (Å²) in [5, 5.41) is 3.52. The number of allylic oxidation sites excluding steroid dienone is 4. The van der Waals surface area contributed by atoms with E-state index in [2.05, 4.69) is 20.0 Å². The molecule has 4 fully saturated rings. The van der Waals surface area contributed by atoms with E-state index in [1.54, 1.807) is 25.2 Å². The highest BCUT2D eigenvalue weighted by molar-refractivity contribution is 7.66. The predicted octanol–water partition coefficient (Wildman–Crippen LogP) is 8.95. The highest BCUT2D eigenvalue weighted by atomic mass is 31.3. The number of Topliss-reactive ketones (excluding diaryl/α,β-unsaturated/α-hetero) is 1. The molecular weight excluding hydrogens is 943 g/mol. The summed E-state index contributed by atoms with van der Waals surface area (Å²) in [5.74, 6) is -2.11. The molecule has 19 nitrogen and oxygen atoms in total. The summed E-state index contributed by atoms with van der Waals surface area (Å²) in [4.78, 5) is 74.2. The molecule has 3 aliphatic carbocycles. The number of fused-ring (bicyclic) bond motifs is 6. The molecule has 1 saturated heterocycles. The first-order chi connectivity index (χ1) is 31.7. The number of hydrogen-bond acceptors (Lipinski definition) is 14. The number of nitrogens with one attached hydrogen (secondary N) is 1. The van der Waals surface area contributed by atoms with Crippen molar-refractivity contribution in [2.45, 2.75) is 116 Å². The molecule has 4 aliphatic heterocycles. The second-order valence-corrected chi connectivity index (χ2v) is 23.7. The van der Waals surface area contributed by atoms with Gasteiger partial charge in [0.1, 0.15) is 17.1 Å². The number of hydrogen-bond donors (Lipinski definition) is 5. The van der Waals surface area contributed by atoms with E-state index in [1.807, 2.05) is 83.4 Å². The van der Waals surface area contributed by atoms with Crippen molar-refractivity contribution in [3.8, 4) is 17.2 Å². The van der Waals surface area contributed by atoms with Crippen molar-refractivity contribution >= 4 is 64.0 Å². The van der Waals surface area contributed by atoms with Crippen LogP contribution in [-0.4, -0.2) is 70.4 Å². The third kappa shape index (κ3) is 7.70. The Balaban J connectivity index is 1.39. The minimum absolute atomic E-state index is 0.0291. The van der Waals surface area contributed by atoms with Gasteiger partial charge in [0.05, 0.1) is 46.6 Å². The van der Waals surface area contributed by atoms with E-state index in [0.29, 0.717) is 47.4 Å². The summed E-state index contributed by atoms with van der Waals surface area (Å²) in [7, 11) is -16.4. The Morgan fingerprint density at radius 1 is 0.956 bits per heavy atom. The number of nitrogens with zero attached hydrogens (tertiary/aromatic N) is 2. The van der Waals surface area contributed by atoms with Gasteiger partial charge < -0.3 is 48.0 Å². The molecule has 1 spiro atoms. The fraction of sp³-hybridized carbons (Fsp3) is 0.457. The van der Waals surface area contributed by atoms with Crippen LogP contribution in [-0.2, 0) is 47.8 Å². The number of carbonyl (C=O) groups is 2. The lowest BCUT2D eigenvalue weighted by Crippen LogP contribution is -2.75. The number of methoxy groups -OCH3 is 1. The van der Waals surface area contributed by atoms with Crippen molar-refractivity contribution in [3.05, 3.63) is 87.6 Å². The van der Waals surface area contributed by atoms with Gasteiger partial charge in [-0.25, -0.2) is 23.5 Å². The van der Waals surface area contributed by atoms with Gasteiger partial charge in [0, 0.05) is 35.0 Å². The van der Waals surface area contributed by atoms with Gasteiger partial charge in [0.25, 0.3) is 0 Å². The van der Waals surface area contributed by atoms with E-state index >= 15 is 4.79 Å². The SMILES string of the molecule is COC(=O)/C(C)=C\CC12OC(C)(C)C3CC(C1=O)C1C4=C(Nc5nc6ccccc6n51)c1c(OP(=O)(O)OP(=O)(O)OP(=O)(O)O)c5c(c(CC=C(C)C)c1OC432)OC(C)(CCC=C(C)C)C=C5. The smallest absolute Gasteiger partial charge is 0.482 e. The molecule has 10 rings (SSSR count). The number of carbonyl (C=O) groups excluding carboxylic acids is 2. The summed E-state index contributed by atoms with van der Waals surface area (Å²) < 4.78 is 81.9. The van der Waals surface area contributed by atoms with Gasteiger partial charge in [0.2, 0.25) is 5.95 Å². The van der Waals surface area contributed by atoms with Gasteiger partial charge in [-0.15, -0.1) is 0 Å². The standard InChI is InChI=1S/C46H54N3O16P3/c1-24(2)13-12-20-44(8)21-19-28-37(60-44)27(17-16-25(3)4)38-33(39(28)62-67(55,56)65-68(57,58)64-66(52,53)54)35-34-36(49-31-15-11-10-14-30(31)47-42(49)48-35)29-23-32-43(6,7)63-45(40(29)50,46(32,34)61-38)22-18-26(5)41(51)59-9/h10-11,13-16,18-19,21,29,32,36H,12,17,20,22-23H2,1-9H3,(H,47,48)(H,55,56)(H,57,58)(H2,52,53,54)/b26-18-. The fourth-order valence-electron chi connectivity index (χ4n) is 11.1. The first-order valence-corrected chi connectivity index (χ1v) is 26.6. The number of imidazole rings is 1. The summed E-state index contributed by atoms with van der Waals surface area (Å²) in [6.45, 7) is 15.0. The van der Waals surface area contributed by atoms with Crippen LogP contribution in [0.1, 0.15) is 104 Å². The van der Waals surface area contributed by atoms with Crippen LogP contribution in [0, 0.1) is 11.8 Å². The number of rotatable bonds is 14. The zero-order chi connectivity index (χ0) is 49.3. The van der Waals surface area contributed by atoms with Crippen LogP contribution in [0.2, 0.25) is 0 Å². The topological polar surface area (TPSA) is 261 Å². The van der Waals surface area contributed by atoms with E-state index in [4.69, 9.17) is 28.5 Å². The Morgan fingerprint density at radius 2 is 1.66 bits per heavy atom.